The first-order chi connectivity index (χ1) is 9.25. The summed E-state index contributed by atoms with van der Waals surface area (Å²) < 4.78 is 1.78. The summed E-state index contributed by atoms with van der Waals surface area (Å²) in [5.41, 5.74) is 1.98. The van der Waals surface area contributed by atoms with Gasteiger partial charge in [0.05, 0.1) is 11.2 Å². The third-order valence-corrected chi connectivity index (χ3v) is 2.78. The predicted octanol–water partition coefficient (Wildman–Crippen LogP) is 3.80. The molecule has 0 saturated carbocycles. The van der Waals surface area contributed by atoms with Gasteiger partial charge in [-0.25, -0.2) is 9.67 Å². The number of hydrogen-bond donors (Lipinski definition) is 0. The van der Waals surface area contributed by atoms with Crippen LogP contribution in [-0.2, 0) is 0 Å². The van der Waals surface area contributed by atoms with E-state index in [9.17, 15) is 0 Å². The molecule has 3 aromatic rings. The van der Waals surface area contributed by atoms with Crippen molar-refractivity contribution < 1.29 is 0 Å². The summed E-state index contributed by atoms with van der Waals surface area (Å²) in [6, 6.07) is 9.80. The quantitative estimate of drug-likeness (QED) is 0.634. The van der Waals surface area contributed by atoms with E-state index in [0.717, 1.165) is 16.6 Å². The lowest BCUT2D eigenvalue weighted by atomic mass is 10.2. The van der Waals surface area contributed by atoms with E-state index in [1.54, 1.807) is 16.9 Å². The van der Waals surface area contributed by atoms with Gasteiger partial charge in [-0.1, -0.05) is 32.0 Å². The fraction of sp³-hybridized carbons (Fsp3) is 0.214. The van der Waals surface area contributed by atoms with Crippen molar-refractivity contribution in [3.63, 3.8) is 0 Å². The minimum Gasteiger partial charge on any atom is -0.226 e. The van der Waals surface area contributed by atoms with E-state index in [4.69, 9.17) is 11.6 Å². The van der Waals surface area contributed by atoms with Gasteiger partial charge in [-0.15, -0.1) is 0 Å². The minimum atomic E-state index is 0.222. The van der Waals surface area contributed by atoms with Crippen molar-refractivity contribution in [1.82, 2.24) is 19.7 Å². The molecule has 5 heteroatoms. The Morgan fingerprint density at radius 2 is 1.84 bits per heavy atom. The summed E-state index contributed by atoms with van der Waals surface area (Å²) in [6.07, 6.45) is 1.62. The number of nitrogens with zero attached hydrogens (tertiary/aromatic N) is 4. The molecule has 0 unspecified atom stereocenters. The predicted molar refractivity (Wildman–Crippen MR) is 77.8 cm³/mol. The van der Waals surface area contributed by atoms with Crippen LogP contribution in [0.4, 0.5) is 0 Å². The summed E-state index contributed by atoms with van der Waals surface area (Å²) in [5.74, 6) is 0.675. The summed E-state index contributed by atoms with van der Waals surface area (Å²) in [5, 5.41) is 5.80. The largest absolute Gasteiger partial charge is 0.226 e. The van der Waals surface area contributed by atoms with Crippen molar-refractivity contribution in [2.75, 3.05) is 0 Å². The Morgan fingerprint density at radius 3 is 2.58 bits per heavy atom. The molecule has 0 fully saturated rings. The molecule has 0 radical (unpaired) electrons. The van der Waals surface area contributed by atoms with Crippen LogP contribution in [0.2, 0.25) is 5.28 Å². The zero-order chi connectivity index (χ0) is 13.8. The Morgan fingerprint density at radius 1 is 1.11 bits per heavy atom. The van der Waals surface area contributed by atoms with Crippen LogP contribution in [0.1, 0.15) is 19.5 Å². The van der Waals surface area contributed by atoms with Gasteiger partial charge in [0.15, 0.2) is 5.82 Å². The van der Waals surface area contributed by atoms with Crippen LogP contribution in [0.15, 0.2) is 36.5 Å². The third kappa shape index (κ3) is 2.58. The van der Waals surface area contributed by atoms with Gasteiger partial charge in [-0.3, -0.25) is 0 Å². The second kappa shape index (κ2) is 5.80. The molecule has 4 nitrogen and oxygen atoms in total. The Hall–Kier alpha value is -1.94. The normalized spacial score (nSPS) is 10.1. The average Bonchev–Trinajstić information content (AvgIpc) is 2.79. The molecule has 0 spiro atoms. The highest BCUT2D eigenvalue weighted by molar-refractivity contribution is 6.28. The second-order valence-corrected chi connectivity index (χ2v) is 4.04. The lowest BCUT2D eigenvalue weighted by Crippen LogP contribution is -2.00. The molecule has 0 saturated heterocycles. The monoisotopic (exact) mass is 274 g/mol. The van der Waals surface area contributed by atoms with Gasteiger partial charge in [0, 0.05) is 17.6 Å². The highest BCUT2D eigenvalue weighted by Crippen LogP contribution is 2.20. The van der Waals surface area contributed by atoms with E-state index >= 15 is 0 Å². The molecule has 0 aliphatic heterocycles. The maximum Gasteiger partial charge on any atom is 0.224 e. The first-order valence-corrected chi connectivity index (χ1v) is 6.57. The molecule has 0 N–H and O–H groups in total. The number of para-hydroxylation sites is 1. The van der Waals surface area contributed by atoms with Crippen molar-refractivity contribution in [2.45, 2.75) is 20.8 Å². The van der Waals surface area contributed by atoms with Crippen LogP contribution < -0.4 is 0 Å². The topological polar surface area (TPSA) is 43.6 Å². The van der Waals surface area contributed by atoms with Gasteiger partial charge in [-0.05, 0) is 24.6 Å². The third-order valence-electron chi connectivity index (χ3n) is 2.60. The Labute approximate surface area is 117 Å². The molecule has 0 aliphatic carbocycles. The standard InChI is InChI=1S/C12H9ClN4.C2H6/c1-8-9-4-2-3-5-10(9)17(16-8)11-6-7-14-12(13)15-11;1-2/h2-7H,1H3;1-2H3. The van der Waals surface area contributed by atoms with Crippen LogP contribution in [0.25, 0.3) is 16.7 Å². The van der Waals surface area contributed by atoms with Crippen LogP contribution in [-0.4, -0.2) is 19.7 Å². The number of aromatic nitrogens is 4. The number of fused-ring (bicyclic) bond motifs is 1. The van der Waals surface area contributed by atoms with E-state index in [1.807, 2.05) is 45.0 Å². The maximum absolute atomic E-state index is 5.79. The molecular formula is C14H15ClN4. The van der Waals surface area contributed by atoms with Crippen molar-refractivity contribution in [3.8, 4) is 5.82 Å². The number of aryl methyl sites for hydroxylation is 1. The number of benzene rings is 1. The van der Waals surface area contributed by atoms with Gasteiger partial charge < -0.3 is 0 Å². The number of hydrogen-bond acceptors (Lipinski definition) is 3. The minimum absolute atomic E-state index is 0.222. The molecule has 98 valence electrons. The Bertz CT molecular complexity index is 691. The summed E-state index contributed by atoms with van der Waals surface area (Å²) >= 11 is 5.79. The van der Waals surface area contributed by atoms with E-state index in [2.05, 4.69) is 15.1 Å². The average molecular weight is 275 g/mol. The lowest BCUT2D eigenvalue weighted by molar-refractivity contribution is 0.850. The fourth-order valence-electron chi connectivity index (χ4n) is 1.84. The van der Waals surface area contributed by atoms with Crippen LogP contribution in [0.5, 0.6) is 0 Å². The SMILES string of the molecule is CC.Cc1nn(-c2ccnc(Cl)n2)c2ccccc12. The van der Waals surface area contributed by atoms with Gasteiger partial charge in [-0.2, -0.15) is 10.1 Å². The van der Waals surface area contributed by atoms with E-state index in [-0.39, 0.29) is 5.28 Å². The molecular weight excluding hydrogens is 260 g/mol. The van der Waals surface area contributed by atoms with Gasteiger partial charge in [0.25, 0.3) is 0 Å². The van der Waals surface area contributed by atoms with Crippen LogP contribution in [0.3, 0.4) is 0 Å². The maximum atomic E-state index is 5.79. The van der Waals surface area contributed by atoms with Crippen molar-refractivity contribution in [3.05, 3.63) is 47.5 Å². The van der Waals surface area contributed by atoms with Crippen LogP contribution in [0, 0.1) is 6.92 Å². The Balaban J connectivity index is 0.000000637. The summed E-state index contributed by atoms with van der Waals surface area (Å²) in [4.78, 5) is 8.03. The molecule has 0 bridgehead atoms. The first-order valence-electron chi connectivity index (χ1n) is 6.19. The number of rotatable bonds is 1. The lowest BCUT2D eigenvalue weighted by Gasteiger charge is -2.01. The zero-order valence-corrected chi connectivity index (χ0v) is 11.9. The summed E-state index contributed by atoms with van der Waals surface area (Å²) in [7, 11) is 0. The second-order valence-electron chi connectivity index (χ2n) is 3.70. The molecule has 0 amide bonds. The van der Waals surface area contributed by atoms with Gasteiger partial charge in [0.2, 0.25) is 5.28 Å². The molecule has 19 heavy (non-hydrogen) atoms. The molecule has 2 aromatic heterocycles. The van der Waals surface area contributed by atoms with Crippen LogP contribution >= 0.6 is 11.6 Å². The highest BCUT2D eigenvalue weighted by Gasteiger charge is 2.09. The molecule has 0 atom stereocenters. The van der Waals surface area contributed by atoms with Crippen molar-refractivity contribution in [1.29, 1.82) is 0 Å². The molecule has 3 rings (SSSR count). The van der Waals surface area contributed by atoms with Crippen molar-refractivity contribution >= 4 is 22.5 Å². The van der Waals surface area contributed by atoms with E-state index < -0.39 is 0 Å². The first kappa shape index (κ1) is 13.5. The number of halogens is 1. The zero-order valence-electron chi connectivity index (χ0n) is 11.1. The Kier molecular flexibility index (Phi) is 4.12. The summed E-state index contributed by atoms with van der Waals surface area (Å²) in [6.45, 7) is 5.97. The van der Waals surface area contributed by atoms with Gasteiger partial charge >= 0.3 is 0 Å². The van der Waals surface area contributed by atoms with Crippen molar-refractivity contribution in [2.24, 2.45) is 0 Å². The molecule has 2 heterocycles. The molecule has 0 aliphatic rings. The highest BCUT2D eigenvalue weighted by atomic mass is 35.5. The molecule has 1 aromatic carbocycles. The van der Waals surface area contributed by atoms with E-state index in [0.29, 0.717) is 5.82 Å². The van der Waals surface area contributed by atoms with E-state index in [1.165, 1.54) is 0 Å². The smallest absolute Gasteiger partial charge is 0.224 e. The fourth-order valence-corrected chi connectivity index (χ4v) is 1.98. The van der Waals surface area contributed by atoms with Gasteiger partial charge in [0.1, 0.15) is 0 Å².